The third-order valence-corrected chi connectivity index (χ3v) is 6.08. The summed E-state index contributed by atoms with van der Waals surface area (Å²) in [4.78, 5) is 27.5. The molecule has 1 unspecified atom stereocenters. The number of hydrogen-bond acceptors (Lipinski definition) is 6. The Bertz CT molecular complexity index is 1180. The lowest BCUT2D eigenvalue weighted by Crippen LogP contribution is -2.44. The average molecular weight is 466 g/mol. The number of phenolic OH excluding ortho intramolecular Hbond substituents is 2. The molecule has 4 rings (SSSR count). The number of phenols is 2. The first kappa shape index (κ1) is 23.6. The maximum absolute atomic E-state index is 13.6. The molecule has 0 aromatic heterocycles. The van der Waals surface area contributed by atoms with Crippen LogP contribution < -0.4 is 5.32 Å². The van der Waals surface area contributed by atoms with Gasteiger partial charge in [-0.2, -0.15) is 0 Å². The molecule has 0 bridgehead atoms. The van der Waals surface area contributed by atoms with E-state index in [2.05, 4.69) is 5.32 Å². The van der Waals surface area contributed by atoms with Gasteiger partial charge in [-0.25, -0.2) is 4.79 Å². The number of ether oxygens (including phenoxy) is 1. The fourth-order valence-electron chi connectivity index (χ4n) is 4.33. The molecule has 34 heavy (non-hydrogen) atoms. The third kappa shape index (κ3) is 5.32. The van der Waals surface area contributed by atoms with E-state index in [-0.39, 0.29) is 29.5 Å². The van der Waals surface area contributed by atoms with Gasteiger partial charge in [0.25, 0.3) is 5.91 Å². The molecule has 2 aromatic carbocycles. The molecular formula is C26H31N3O5. The molecular weight excluding hydrogens is 434 g/mol. The smallest absolute Gasteiger partial charge is 0.411 e. The van der Waals surface area contributed by atoms with E-state index in [0.717, 1.165) is 18.2 Å². The molecule has 2 saturated carbocycles. The van der Waals surface area contributed by atoms with E-state index in [9.17, 15) is 19.8 Å². The zero-order valence-electron chi connectivity index (χ0n) is 19.7. The summed E-state index contributed by atoms with van der Waals surface area (Å²) in [5.41, 5.74) is 1.05. The summed E-state index contributed by atoms with van der Waals surface area (Å²) >= 11 is 0. The number of rotatable bonds is 4. The summed E-state index contributed by atoms with van der Waals surface area (Å²) in [6.07, 6.45) is 4.54. The van der Waals surface area contributed by atoms with Crippen molar-refractivity contribution in [2.75, 3.05) is 0 Å². The predicted molar refractivity (Wildman–Crippen MR) is 129 cm³/mol. The van der Waals surface area contributed by atoms with E-state index in [0.29, 0.717) is 41.5 Å². The number of alkyl carbamates (subject to hydrolysis) is 1. The van der Waals surface area contributed by atoms with Gasteiger partial charge < -0.3 is 25.3 Å². The Hall–Kier alpha value is -3.55. The number of hydrogen-bond donors (Lipinski definition) is 4. The number of carbonyl (C=O) groups excluding carboxylic acids is 2. The maximum atomic E-state index is 13.6. The molecule has 2 aliphatic carbocycles. The summed E-state index contributed by atoms with van der Waals surface area (Å²) in [6.45, 7) is 5.36. The van der Waals surface area contributed by atoms with Gasteiger partial charge in [0.2, 0.25) is 0 Å². The summed E-state index contributed by atoms with van der Waals surface area (Å²) < 4.78 is 5.27. The molecule has 4 N–H and O–H groups in total. The van der Waals surface area contributed by atoms with Crippen LogP contribution in [0, 0.1) is 5.41 Å². The number of nitrogens with one attached hydrogen (secondary N) is 2. The van der Waals surface area contributed by atoms with Crippen molar-refractivity contribution in [3.8, 4) is 11.5 Å². The Kier molecular flexibility index (Phi) is 6.25. The van der Waals surface area contributed by atoms with Gasteiger partial charge in [0.1, 0.15) is 5.60 Å². The minimum absolute atomic E-state index is 0.0790. The summed E-state index contributed by atoms with van der Waals surface area (Å²) in [5, 5.41) is 31.9. The molecule has 0 radical (unpaired) electrons. The first-order valence-corrected chi connectivity index (χ1v) is 11.6. The number of aromatic hydroxyl groups is 2. The second-order valence-electron chi connectivity index (χ2n) is 10.0. The van der Waals surface area contributed by atoms with Crippen molar-refractivity contribution < 1.29 is 24.5 Å². The van der Waals surface area contributed by atoms with Crippen LogP contribution in [0.5, 0.6) is 11.5 Å². The van der Waals surface area contributed by atoms with E-state index in [1.807, 2.05) is 4.90 Å². The Labute approximate surface area is 198 Å². The number of nitrogens with zero attached hydrogens (tertiary/aromatic N) is 1. The van der Waals surface area contributed by atoms with Gasteiger partial charge in [-0.3, -0.25) is 10.1 Å². The van der Waals surface area contributed by atoms with Gasteiger partial charge in [0.15, 0.2) is 11.5 Å². The Morgan fingerprint density at radius 3 is 2.38 bits per heavy atom. The lowest BCUT2D eigenvalue weighted by molar-refractivity contribution is 0.0549. The standard InChI is InChI=1S/C26H31N3O5/c1-26(2,3)34-25(33)28-14-18-11-20(8-9-21(18)27)29(19-6-7-19)24(32)16-5-4-15-12-22(30)23(31)13-17(15)10-16/h4-5,10,12-14,19-20,27,30-31H,6-9,11H2,1-3H3,(H,28,33)/b18-14-,27-21?. The second-order valence-corrected chi connectivity index (χ2v) is 10.0. The highest BCUT2D eigenvalue weighted by Gasteiger charge is 2.39. The second kappa shape index (κ2) is 9.00. The maximum Gasteiger partial charge on any atom is 0.411 e. The van der Waals surface area contributed by atoms with Gasteiger partial charge >= 0.3 is 6.09 Å². The number of amides is 2. The highest BCUT2D eigenvalue weighted by atomic mass is 16.6. The van der Waals surface area contributed by atoms with Gasteiger partial charge in [-0.15, -0.1) is 0 Å². The quantitative estimate of drug-likeness (QED) is 0.481. The monoisotopic (exact) mass is 465 g/mol. The third-order valence-electron chi connectivity index (χ3n) is 6.08. The van der Waals surface area contributed by atoms with Crippen LogP contribution in [-0.4, -0.2) is 50.5 Å². The molecule has 1 atom stereocenters. The van der Waals surface area contributed by atoms with Gasteiger partial charge in [-0.1, -0.05) is 6.07 Å². The highest BCUT2D eigenvalue weighted by molar-refractivity contribution is 6.01. The first-order valence-electron chi connectivity index (χ1n) is 11.6. The molecule has 2 fully saturated rings. The zero-order valence-corrected chi connectivity index (χ0v) is 19.7. The van der Waals surface area contributed by atoms with Crippen LogP contribution in [0.3, 0.4) is 0 Å². The van der Waals surface area contributed by atoms with Crippen molar-refractivity contribution in [1.82, 2.24) is 10.2 Å². The molecule has 0 aliphatic heterocycles. The molecule has 8 nitrogen and oxygen atoms in total. The van der Waals surface area contributed by atoms with Gasteiger partial charge in [-0.05, 0) is 93.5 Å². The summed E-state index contributed by atoms with van der Waals surface area (Å²) in [6, 6.07) is 8.24. The molecule has 2 aromatic rings. The average Bonchev–Trinajstić information content (AvgIpc) is 3.58. The SMILES string of the molecule is CC(C)(C)OC(=O)N/C=C1/CC(N(C(=O)c2ccc3cc(O)c(O)cc3c2)C2CC2)CCC1=N. The van der Waals surface area contributed by atoms with Crippen LogP contribution in [0.15, 0.2) is 42.1 Å². The molecule has 0 spiro atoms. The highest BCUT2D eigenvalue weighted by Crippen LogP contribution is 2.36. The van der Waals surface area contributed by atoms with Crippen molar-refractivity contribution in [2.24, 2.45) is 0 Å². The number of fused-ring (bicyclic) bond motifs is 1. The minimum atomic E-state index is -0.615. The summed E-state index contributed by atoms with van der Waals surface area (Å²) in [5.74, 6) is -0.515. The van der Waals surface area contributed by atoms with Crippen molar-refractivity contribution in [3.05, 3.63) is 47.7 Å². The van der Waals surface area contributed by atoms with E-state index in [4.69, 9.17) is 10.1 Å². The molecule has 0 heterocycles. The fourth-order valence-corrected chi connectivity index (χ4v) is 4.33. The van der Waals surface area contributed by atoms with Crippen LogP contribution in [0.1, 0.15) is 63.2 Å². The molecule has 8 heteroatoms. The van der Waals surface area contributed by atoms with E-state index in [1.54, 1.807) is 39.0 Å². The van der Waals surface area contributed by atoms with Crippen molar-refractivity contribution >= 4 is 28.5 Å². The lowest BCUT2D eigenvalue weighted by atomic mass is 9.88. The molecule has 2 aliphatic rings. The van der Waals surface area contributed by atoms with Crippen molar-refractivity contribution in [2.45, 2.75) is 70.6 Å². The molecule has 2 amide bonds. The first-order chi connectivity index (χ1) is 16.0. The predicted octanol–water partition coefficient (Wildman–Crippen LogP) is 4.84. The zero-order chi connectivity index (χ0) is 24.6. The van der Waals surface area contributed by atoms with Crippen LogP contribution in [0.4, 0.5) is 4.79 Å². The number of benzene rings is 2. The fraction of sp³-hybridized carbons (Fsp3) is 0.423. The lowest BCUT2D eigenvalue weighted by Gasteiger charge is -2.36. The molecule has 180 valence electrons. The van der Waals surface area contributed by atoms with E-state index >= 15 is 0 Å². The van der Waals surface area contributed by atoms with Crippen molar-refractivity contribution in [1.29, 1.82) is 5.41 Å². The Balaban J connectivity index is 1.54. The minimum Gasteiger partial charge on any atom is -0.504 e. The van der Waals surface area contributed by atoms with E-state index < -0.39 is 11.7 Å². The normalized spacial score (nSPS) is 19.8. The van der Waals surface area contributed by atoms with Crippen LogP contribution in [0.25, 0.3) is 10.8 Å². The summed E-state index contributed by atoms with van der Waals surface area (Å²) in [7, 11) is 0. The number of carbonyl (C=O) groups is 2. The van der Waals surface area contributed by atoms with Gasteiger partial charge in [0, 0.05) is 29.6 Å². The topological polar surface area (TPSA) is 123 Å². The Morgan fingerprint density at radius 2 is 1.74 bits per heavy atom. The van der Waals surface area contributed by atoms with Gasteiger partial charge in [0.05, 0.1) is 0 Å². The van der Waals surface area contributed by atoms with Crippen LogP contribution >= 0.6 is 0 Å². The van der Waals surface area contributed by atoms with Crippen LogP contribution in [-0.2, 0) is 4.74 Å². The Morgan fingerprint density at radius 1 is 1.06 bits per heavy atom. The molecule has 0 saturated heterocycles. The van der Waals surface area contributed by atoms with Crippen molar-refractivity contribution in [3.63, 3.8) is 0 Å². The largest absolute Gasteiger partial charge is 0.504 e. The van der Waals surface area contributed by atoms with Crippen LogP contribution in [0.2, 0.25) is 0 Å². The van der Waals surface area contributed by atoms with E-state index in [1.165, 1.54) is 18.3 Å².